The second kappa shape index (κ2) is 9.00. The molecule has 0 aliphatic rings. The predicted molar refractivity (Wildman–Crippen MR) is 123 cm³/mol. The molecule has 0 saturated carbocycles. The first-order valence-corrected chi connectivity index (χ1v) is 10.8. The summed E-state index contributed by atoms with van der Waals surface area (Å²) in [5, 5.41) is 4.90. The van der Waals surface area contributed by atoms with Crippen molar-refractivity contribution in [3.8, 4) is 17.0 Å². The van der Waals surface area contributed by atoms with Crippen LogP contribution in [0.2, 0.25) is 0 Å². The van der Waals surface area contributed by atoms with E-state index in [9.17, 15) is 4.79 Å². The summed E-state index contributed by atoms with van der Waals surface area (Å²) >= 11 is 1.59. The van der Waals surface area contributed by atoms with Crippen molar-refractivity contribution in [2.75, 3.05) is 29.9 Å². The zero-order valence-corrected chi connectivity index (χ0v) is 17.9. The third-order valence-corrected chi connectivity index (χ3v) is 5.62. The summed E-state index contributed by atoms with van der Waals surface area (Å²) in [5.41, 5.74) is 3.64. The highest BCUT2D eigenvalue weighted by Gasteiger charge is 2.09. The van der Waals surface area contributed by atoms with Crippen molar-refractivity contribution in [2.24, 2.45) is 0 Å². The van der Waals surface area contributed by atoms with Crippen LogP contribution in [-0.2, 0) is 4.79 Å². The van der Waals surface area contributed by atoms with E-state index < -0.39 is 0 Å². The smallest absolute Gasteiger partial charge is 0.262 e. The number of thiazole rings is 1. The fraction of sp³-hybridized carbons (Fsp3) is 0.217. The average molecular weight is 421 g/mol. The molecule has 1 amide bonds. The topological polar surface area (TPSA) is 58.9 Å². The molecule has 0 spiro atoms. The number of nitrogens with one attached hydrogen (secondary N) is 1. The number of hydrogen-bond donors (Lipinski definition) is 1. The Bertz CT molecular complexity index is 1120. The van der Waals surface area contributed by atoms with Crippen molar-refractivity contribution in [1.29, 1.82) is 0 Å². The Hall–Kier alpha value is -3.32. The van der Waals surface area contributed by atoms with Gasteiger partial charge in [0.2, 0.25) is 0 Å². The van der Waals surface area contributed by atoms with E-state index in [2.05, 4.69) is 29.0 Å². The van der Waals surface area contributed by atoms with Crippen LogP contribution in [0.5, 0.6) is 5.75 Å². The number of hydrogen-bond acceptors (Lipinski definition) is 5. The van der Waals surface area contributed by atoms with Gasteiger partial charge in [-0.3, -0.25) is 9.20 Å². The van der Waals surface area contributed by atoms with Crippen LogP contribution in [0.4, 0.5) is 11.4 Å². The molecule has 0 aliphatic heterocycles. The molecule has 0 fully saturated rings. The summed E-state index contributed by atoms with van der Waals surface area (Å²) in [6.07, 6.45) is 3.97. The molecule has 2 aromatic heterocycles. The molecule has 0 unspecified atom stereocenters. The first-order valence-electron chi connectivity index (χ1n) is 9.96. The molecule has 154 valence electrons. The predicted octanol–water partition coefficient (Wildman–Crippen LogP) is 4.93. The van der Waals surface area contributed by atoms with Crippen LogP contribution < -0.4 is 15.0 Å². The Morgan fingerprint density at radius 2 is 2.00 bits per heavy atom. The zero-order valence-electron chi connectivity index (χ0n) is 17.0. The molecule has 4 rings (SSSR count). The van der Waals surface area contributed by atoms with E-state index in [0.717, 1.165) is 35.0 Å². The highest BCUT2D eigenvalue weighted by molar-refractivity contribution is 7.15. The maximum atomic E-state index is 12.4. The Morgan fingerprint density at radius 3 is 2.80 bits per heavy atom. The number of ether oxygens (including phenoxy) is 1. The lowest BCUT2D eigenvalue weighted by Gasteiger charge is -2.21. The van der Waals surface area contributed by atoms with E-state index in [1.54, 1.807) is 11.3 Å². The summed E-state index contributed by atoms with van der Waals surface area (Å²) in [6, 6.07) is 15.5. The lowest BCUT2D eigenvalue weighted by atomic mass is 10.1. The maximum absolute atomic E-state index is 12.4. The molecule has 0 bridgehead atoms. The van der Waals surface area contributed by atoms with Gasteiger partial charge in [0, 0.05) is 53.9 Å². The third-order valence-electron chi connectivity index (χ3n) is 4.85. The van der Waals surface area contributed by atoms with Gasteiger partial charge in [-0.1, -0.05) is 18.2 Å². The van der Waals surface area contributed by atoms with E-state index in [1.165, 1.54) is 0 Å². The quantitative estimate of drug-likeness (QED) is 0.439. The molecule has 6 nitrogen and oxygen atoms in total. The van der Waals surface area contributed by atoms with Gasteiger partial charge in [-0.05, 0) is 38.1 Å². The van der Waals surface area contributed by atoms with Crippen molar-refractivity contribution in [2.45, 2.75) is 13.8 Å². The highest BCUT2D eigenvalue weighted by atomic mass is 32.1. The summed E-state index contributed by atoms with van der Waals surface area (Å²) in [6.45, 7) is 6.03. The number of anilines is 2. The van der Waals surface area contributed by atoms with Gasteiger partial charge in [0.05, 0.1) is 5.69 Å². The van der Waals surface area contributed by atoms with Gasteiger partial charge in [0.25, 0.3) is 5.91 Å². The van der Waals surface area contributed by atoms with Gasteiger partial charge in [0.1, 0.15) is 5.75 Å². The molecule has 30 heavy (non-hydrogen) atoms. The van der Waals surface area contributed by atoms with Crippen LogP contribution in [0.15, 0.2) is 66.3 Å². The van der Waals surface area contributed by atoms with Gasteiger partial charge >= 0.3 is 0 Å². The molecule has 7 heteroatoms. The summed E-state index contributed by atoms with van der Waals surface area (Å²) in [4.78, 5) is 20.2. The minimum Gasteiger partial charge on any atom is -0.484 e. The largest absolute Gasteiger partial charge is 0.484 e. The third kappa shape index (κ3) is 4.46. The monoisotopic (exact) mass is 420 g/mol. The molecule has 4 aromatic rings. The van der Waals surface area contributed by atoms with Crippen LogP contribution in [0.3, 0.4) is 0 Å². The summed E-state index contributed by atoms with van der Waals surface area (Å²) < 4.78 is 7.70. The average Bonchev–Trinajstić information content (AvgIpc) is 3.36. The van der Waals surface area contributed by atoms with Crippen molar-refractivity contribution in [3.63, 3.8) is 0 Å². The Kier molecular flexibility index (Phi) is 5.99. The minimum atomic E-state index is -0.203. The van der Waals surface area contributed by atoms with E-state index in [1.807, 2.05) is 70.7 Å². The number of amides is 1. The highest BCUT2D eigenvalue weighted by Crippen LogP contribution is 2.24. The van der Waals surface area contributed by atoms with Crippen LogP contribution >= 0.6 is 11.3 Å². The lowest BCUT2D eigenvalue weighted by molar-refractivity contribution is -0.118. The SMILES string of the molecule is CCN(CC)c1cccc(OCC(=O)Nc2cccc(-c3cn4ccsc4n3)c2)c1. The van der Waals surface area contributed by atoms with Crippen LogP contribution in [0, 0.1) is 0 Å². The fourth-order valence-corrected chi connectivity index (χ4v) is 4.03. The standard InChI is InChI=1S/C23H24N4O2S/c1-3-26(4-2)19-9-6-10-20(14-19)29-16-22(28)24-18-8-5-7-17(13-18)21-15-27-11-12-30-23(27)25-21/h5-15H,3-4,16H2,1-2H3,(H,24,28). The normalized spacial score (nSPS) is 10.9. The maximum Gasteiger partial charge on any atom is 0.262 e. The molecule has 0 aliphatic carbocycles. The van der Waals surface area contributed by atoms with E-state index >= 15 is 0 Å². The Balaban J connectivity index is 1.39. The number of rotatable bonds is 8. The molecule has 2 aromatic carbocycles. The number of carbonyl (C=O) groups is 1. The number of benzene rings is 2. The van der Waals surface area contributed by atoms with Gasteiger partial charge in [-0.2, -0.15) is 0 Å². The van der Waals surface area contributed by atoms with Crippen molar-refractivity contribution in [3.05, 3.63) is 66.3 Å². The van der Waals surface area contributed by atoms with Crippen molar-refractivity contribution >= 4 is 33.6 Å². The number of carbonyl (C=O) groups excluding carboxylic acids is 1. The molecule has 0 atom stereocenters. The number of aromatic nitrogens is 2. The molecular weight excluding hydrogens is 396 g/mol. The minimum absolute atomic E-state index is 0.0495. The molecular formula is C23H24N4O2S. The second-order valence-electron chi connectivity index (χ2n) is 6.81. The van der Waals surface area contributed by atoms with Gasteiger partial charge < -0.3 is 15.0 Å². The molecule has 2 heterocycles. The lowest BCUT2D eigenvalue weighted by Crippen LogP contribution is -2.22. The van der Waals surface area contributed by atoms with Crippen molar-refractivity contribution in [1.82, 2.24) is 9.38 Å². The zero-order chi connectivity index (χ0) is 20.9. The summed E-state index contributed by atoms with van der Waals surface area (Å²) in [7, 11) is 0. The second-order valence-corrected chi connectivity index (χ2v) is 7.68. The van der Waals surface area contributed by atoms with E-state index in [0.29, 0.717) is 11.4 Å². The van der Waals surface area contributed by atoms with E-state index in [-0.39, 0.29) is 12.5 Å². The van der Waals surface area contributed by atoms with Gasteiger partial charge in [0.15, 0.2) is 11.6 Å². The van der Waals surface area contributed by atoms with Gasteiger partial charge in [-0.15, -0.1) is 11.3 Å². The van der Waals surface area contributed by atoms with Gasteiger partial charge in [-0.25, -0.2) is 4.98 Å². The molecule has 0 saturated heterocycles. The van der Waals surface area contributed by atoms with Crippen LogP contribution in [-0.4, -0.2) is 35.0 Å². The van der Waals surface area contributed by atoms with Crippen molar-refractivity contribution < 1.29 is 9.53 Å². The number of imidazole rings is 1. The first-order chi connectivity index (χ1) is 14.7. The van der Waals surface area contributed by atoms with Crippen LogP contribution in [0.1, 0.15) is 13.8 Å². The Morgan fingerprint density at radius 1 is 1.17 bits per heavy atom. The fourth-order valence-electron chi connectivity index (χ4n) is 3.33. The molecule has 1 N–H and O–H groups in total. The number of fused-ring (bicyclic) bond motifs is 1. The first kappa shape index (κ1) is 20.0. The van der Waals surface area contributed by atoms with E-state index in [4.69, 9.17) is 4.74 Å². The molecule has 0 radical (unpaired) electrons. The number of nitrogens with zero attached hydrogens (tertiary/aromatic N) is 3. The summed E-state index contributed by atoms with van der Waals surface area (Å²) in [5.74, 6) is 0.479. The Labute approximate surface area is 179 Å². The van der Waals surface area contributed by atoms with Crippen LogP contribution in [0.25, 0.3) is 16.2 Å².